The summed E-state index contributed by atoms with van der Waals surface area (Å²) in [5.74, 6) is 2.32. The van der Waals surface area contributed by atoms with Crippen LogP contribution in [0.5, 0.6) is 0 Å². The summed E-state index contributed by atoms with van der Waals surface area (Å²) in [6.45, 7) is 0. The quantitative estimate of drug-likeness (QED) is 0.444. The van der Waals surface area contributed by atoms with Crippen molar-refractivity contribution in [1.29, 1.82) is 0 Å². The van der Waals surface area contributed by atoms with Crippen LogP contribution in [-0.4, -0.2) is 0 Å². The lowest BCUT2D eigenvalue weighted by Gasteiger charge is -2.29. The monoisotopic (exact) mass is 440 g/mol. The Hall–Kier alpha value is -0.430. The maximum Gasteiger partial charge on any atom is 0.0110 e. The largest absolute Gasteiger partial charge is 0.143 e. The predicted molar refractivity (Wildman–Crippen MR) is 139 cm³/mol. The van der Waals surface area contributed by atoms with Crippen molar-refractivity contribution >= 4 is 12.6 Å². The van der Waals surface area contributed by atoms with Crippen molar-refractivity contribution < 1.29 is 0 Å². The Morgan fingerprint density at radius 2 is 0.710 bits per heavy atom. The maximum atomic E-state index is 5.31. The molecule has 0 amide bonds. The number of hydrogen-bond donors (Lipinski definition) is 1. The van der Waals surface area contributed by atoms with Gasteiger partial charge in [-0.2, -0.15) is 0 Å². The molecular formula is C30H48S. The average molecular weight is 441 g/mol. The van der Waals surface area contributed by atoms with Crippen LogP contribution in [0.15, 0.2) is 17.0 Å². The van der Waals surface area contributed by atoms with Gasteiger partial charge in [-0.1, -0.05) is 108 Å². The lowest BCUT2D eigenvalue weighted by Crippen LogP contribution is -2.11. The lowest BCUT2D eigenvalue weighted by molar-refractivity contribution is 0.435. The molecule has 1 heteroatoms. The zero-order valence-corrected chi connectivity index (χ0v) is 21.1. The smallest absolute Gasteiger partial charge is 0.0110 e. The van der Waals surface area contributed by atoms with Gasteiger partial charge in [-0.15, -0.1) is 12.6 Å². The molecule has 3 fully saturated rings. The molecule has 3 aliphatic rings. The summed E-state index contributed by atoms with van der Waals surface area (Å²) < 4.78 is 0. The molecule has 31 heavy (non-hydrogen) atoms. The van der Waals surface area contributed by atoms with Crippen LogP contribution < -0.4 is 0 Å². The van der Waals surface area contributed by atoms with Crippen molar-refractivity contribution in [3.05, 3.63) is 28.8 Å². The first-order valence-corrected chi connectivity index (χ1v) is 14.6. The summed E-state index contributed by atoms with van der Waals surface area (Å²) >= 11 is 5.31. The van der Waals surface area contributed by atoms with Gasteiger partial charge in [0.15, 0.2) is 0 Å². The highest BCUT2D eigenvalue weighted by Crippen LogP contribution is 2.43. The van der Waals surface area contributed by atoms with Crippen LogP contribution in [0.25, 0.3) is 0 Å². The highest BCUT2D eigenvalue weighted by atomic mass is 32.1. The standard InChI is InChI=1S/C30H48S/c31-30-28(25-18-12-6-2-7-13-19-25)22-27(24-16-10-4-1-5-11-17-24)23-29(30)26-20-14-8-3-9-15-21-26/h22-26,31H,1-21H2. The SMILES string of the molecule is Sc1c(C2CCCCCCC2)cc(C2CCCCCCC2)cc1C1CCCCCCC1. The van der Waals surface area contributed by atoms with Crippen molar-refractivity contribution in [1.82, 2.24) is 0 Å². The van der Waals surface area contributed by atoms with Crippen LogP contribution >= 0.6 is 12.6 Å². The fourth-order valence-electron chi connectivity index (χ4n) is 6.89. The van der Waals surface area contributed by atoms with Crippen molar-refractivity contribution in [3.8, 4) is 0 Å². The molecule has 0 atom stereocenters. The van der Waals surface area contributed by atoms with E-state index in [2.05, 4.69) is 12.1 Å². The molecule has 0 aromatic heterocycles. The third-order valence-corrected chi connectivity index (χ3v) is 9.37. The van der Waals surface area contributed by atoms with Gasteiger partial charge in [-0.3, -0.25) is 0 Å². The predicted octanol–water partition coefficient (Wildman–Crippen LogP) is 10.5. The summed E-state index contributed by atoms with van der Waals surface area (Å²) in [5, 5.41) is 0. The van der Waals surface area contributed by atoms with Gasteiger partial charge in [0.2, 0.25) is 0 Å². The van der Waals surface area contributed by atoms with Gasteiger partial charge >= 0.3 is 0 Å². The minimum absolute atomic E-state index is 0.758. The van der Waals surface area contributed by atoms with Crippen molar-refractivity contribution in [3.63, 3.8) is 0 Å². The number of thiol groups is 1. The van der Waals surface area contributed by atoms with Crippen LogP contribution in [0.1, 0.15) is 169 Å². The lowest BCUT2D eigenvalue weighted by atomic mass is 9.77. The maximum absolute atomic E-state index is 5.31. The van der Waals surface area contributed by atoms with Crippen LogP contribution in [0.4, 0.5) is 0 Å². The molecule has 0 unspecified atom stereocenters. The fourth-order valence-corrected chi connectivity index (χ4v) is 7.38. The topological polar surface area (TPSA) is 0 Å². The molecule has 0 radical (unpaired) electrons. The average Bonchev–Trinajstić information content (AvgIpc) is 2.69. The Kier molecular flexibility index (Phi) is 9.73. The molecule has 0 nitrogen and oxygen atoms in total. The molecule has 0 bridgehead atoms. The Balaban J connectivity index is 1.67. The van der Waals surface area contributed by atoms with E-state index in [1.54, 1.807) is 16.7 Å². The van der Waals surface area contributed by atoms with Crippen LogP contribution in [0, 0.1) is 0 Å². The van der Waals surface area contributed by atoms with E-state index < -0.39 is 0 Å². The molecule has 0 aliphatic heterocycles. The summed E-state index contributed by atoms with van der Waals surface area (Å²) in [6.07, 6.45) is 30.0. The van der Waals surface area contributed by atoms with Gasteiger partial charge in [-0.05, 0) is 73.0 Å². The second-order valence-corrected chi connectivity index (χ2v) is 11.6. The highest BCUT2D eigenvalue weighted by Gasteiger charge is 2.25. The van der Waals surface area contributed by atoms with Crippen LogP contribution in [0.3, 0.4) is 0 Å². The summed E-state index contributed by atoms with van der Waals surface area (Å²) in [5.41, 5.74) is 5.01. The number of benzene rings is 1. The third-order valence-electron chi connectivity index (χ3n) is 8.86. The molecule has 3 saturated carbocycles. The van der Waals surface area contributed by atoms with E-state index in [-0.39, 0.29) is 0 Å². The second-order valence-electron chi connectivity index (χ2n) is 11.2. The number of hydrogen-bond acceptors (Lipinski definition) is 1. The molecule has 0 saturated heterocycles. The normalized spacial score (nSPS) is 24.4. The van der Waals surface area contributed by atoms with Gasteiger partial charge in [0.05, 0.1) is 0 Å². The Morgan fingerprint density at radius 3 is 1.06 bits per heavy atom. The Morgan fingerprint density at radius 1 is 0.419 bits per heavy atom. The molecule has 1 aromatic carbocycles. The first-order chi connectivity index (χ1) is 15.3. The van der Waals surface area contributed by atoms with E-state index in [1.807, 2.05) is 0 Å². The molecule has 174 valence electrons. The van der Waals surface area contributed by atoms with Gasteiger partial charge in [0.25, 0.3) is 0 Å². The van der Waals surface area contributed by atoms with E-state index in [9.17, 15) is 0 Å². The van der Waals surface area contributed by atoms with Gasteiger partial charge in [-0.25, -0.2) is 0 Å². The van der Waals surface area contributed by atoms with Crippen LogP contribution in [-0.2, 0) is 0 Å². The van der Waals surface area contributed by atoms with Crippen molar-refractivity contribution in [2.45, 2.75) is 157 Å². The zero-order chi connectivity index (χ0) is 21.3. The highest BCUT2D eigenvalue weighted by molar-refractivity contribution is 7.80. The summed E-state index contributed by atoms with van der Waals surface area (Å²) in [4.78, 5) is 1.41. The minimum atomic E-state index is 0.758. The molecule has 1 aromatic rings. The fraction of sp³-hybridized carbons (Fsp3) is 0.800. The minimum Gasteiger partial charge on any atom is -0.143 e. The van der Waals surface area contributed by atoms with E-state index in [4.69, 9.17) is 12.6 Å². The third kappa shape index (κ3) is 6.78. The van der Waals surface area contributed by atoms with Gasteiger partial charge in [0.1, 0.15) is 0 Å². The van der Waals surface area contributed by atoms with Crippen molar-refractivity contribution in [2.24, 2.45) is 0 Å². The second kappa shape index (κ2) is 12.7. The summed E-state index contributed by atoms with van der Waals surface area (Å²) in [6, 6.07) is 5.35. The zero-order valence-electron chi connectivity index (χ0n) is 20.2. The van der Waals surface area contributed by atoms with E-state index >= 15 is 0 Å². The molecular weight excluding hydrogens is 392 g/mol. The first kappa shape index (κ1) is 23.7. The van der Waals surface area contributed by atoms with Gasteiger partial charge in [0, 0.05) is 4.90 Å². The Bertz CT molecular complexity index is 595. The Labute approximate surface area is 198 Å². The molecule has 0 N–H and O–H groups in total. The molecule has 3 aliphatic carbocycles. The molecule has 0 heterocycles. The van der Waals surface area contributed by atoms with Crippen LogP contribution in [0.2, 0.25) is 0 Å². The molecule has 0 spiro atoms. The van der Waals surface area contributed by atoms with E-state index in [0.717, 1.165) is 17.8 Å². The number of rotatable bonds is 3. The van der Waals surface area contributed by atoms with E-state index in [1.165, 1.54) is 140 Å². The van der Waals surface area contributed by atoms with E-state index in [0.29, 0.717) is 0 Å². The summed E-state index contributed by atoms with van der Waals surface area (Å²) in [7, 11) is 0. The first-order valence-electron chi connectivity index (χ1n) is 14.2. The van der Waals surface area contributed by atoms with Crippen molar-refractivity contribution in [2.75, 3.05) is 0 Å². The van der Waals surface area contributed by atoms with Gasteiger partial charge < -0.3 is 0 Å². The molecule has 4 rings (SSSR count).